The Labute approximate surface area is 196 Å². The molecule has 156 valence electrons. The van der Waals surface area contributed by atoms with Gasteiger partial charge in [0.25, 0.3) is 3.79 Å². The maximum atomic E-state index is 12.1. The fourth-order valence-corrected chi connectivity index (χ4v) is 4.28. The molecule has 2 aromatic rings. The second-order valence-electron chi connectivity index (χ2n) is 6.13. The van der Waals surface area contributed by atoms with E-state index in [1.165, 1.54) is 13.2 Å². The second-order valence-corrected chi connectivity index (χ2v) is 10.7. The first kappa shape index (κ1) is 23.0. The van der Waals surface area contributed by atoms with Crippen molar-refractivity contribution in [2.45, 2.75) is 19.1 Å². The number of fused-ring (bicyclic) bond motifs is 1. The van der Waals surface area contributed by atoms with Crippen LogP contribution in [0.25, 0.3) is 10.8 Å². The third-order valence-electron chi connectivity index (χ3n) is 4.52. The summed E-state index contributed by atoms with van der Waals surface area (Å²) in [6, 6.07) is 9.98. The van der Waals surface area contributed by atoms with Crippen LogP contribution in [-0.2, 0) is 10.4 Å². The van der Waals surface area contributed by atoms with Gasteiger partial charge in [-0.25, -0.2) is 15.1 Å². The number of nitrogens with one attached hydrogen (secondary N) is 2. The predicted molar refractivity (Wildman–Crippen MR) is 118 cm³/mol. The fourth-order valence-electron chi connectivity index (χ4n) is 3.17. The number of nitrogens with zero attached hydrogens (tertiary/aromatic N) is 1. The Balaban J connectivity index is 2.44. The molecule has 1 aliphatic rings. The van der Waals surface area contributed by atoms with Crippen LogP contribution in [-0.4, -0.2) is 38.0 Å². The number of halogens is 6. The van der Waals surface area contributed by atoms with Crippen LogP contribution in [0.15, 0.2) is 41.4 Å². The highest BCUT2D eigenvalue weighted by Crippen LogP contribution is 2.52. The molecule has 2 atom stereocenters. The van der Waals surface area contributed by atoms with E-state index in [4.69, 9.17) is 74.3 Å². The summed E-state index contributed by atoms with van der Waals surface area (Å²) < 4.78 is 1.04. The maximum absolute atomic E-state index is 12.1. The van der Waals surface area contributed by atoms with Crippen molar-refractivity contribution in [2.24, 2.45) is 4.99 Å². The number of aliphatic imine (C=N–C) groups is 1. The van der Waals surface area contributed by atoms with Crippen LogP contribution in [0.5, 0.6) is 0 Å². The molecule has 0 amide bonds. The Morgan fingerprint density at radius 2 is 1.72 bits per heavy atom. The van der Waals surface area contributed by atoms with Crippen LogP contribution >= 0.6 is 69.6 Å². The summed E-state index contributed by atoms with van der Waals surface area (Å²) in [4.78, 5) is 16.4. The van der Waals surface area contributed by atoms with Gasteiger partial charge in [-0.3, -0.25) is 0 Å². The highest BCUT2D eigenvalue weighted by molar-refractivity contribution is 6.69. The third-order valence-corrected chi connectivity index (χ3v) is 6.14. The Bertz CT molecular complexity index is 991. The number of carbonyl (C=O) groups is 1. The number of alkyl halides is 6. The van der Waals surface area contributed by atoms with E-state index >= 15 is 0 Å². The molecule has 0 saturated heterocycles. The quantitative estimate of drug-likeness (QED) is 0.500. The summed E-state index contributed by atoms with van der Waals surface area (Å²) in [5.41, 5.74) is -2.09. The maximum Gasteiger partial charge on any atom is 0.336 e. The number of aromatic carboxylic acids is 1. The first-order valence-corrected chi connectivity index (χ1v) is 10.2. The molecule has 6 nitrogen and oxygen atoms in total. The lowest BCUT2D eigenvalue weighted by Crippen LogP contribution is -2.75. The monoisotopic (exact) mass is 517 g/mol. The summed E-state index contributed by atoms with van der Waals surface area (Å²) in [5.74, 6) is -3.16. The largest absolute Gasteiger partial charge is 0.478 e. The van der Waals surface area contributed by atoms with E-state index in [0.717, 1.165) is 6.34 Å². The van der Waals surface area contributed by atoms with E-state index in [9.17, 15) is 9.90 Å². The van der Waals surface area contributed by atoms with E-state index in [1.54, 1.807) is 30.3 Å². The van der Waals surface area contributed by atoms with Crippen molar-refractivity contribution < 1.29 is 14.6 Å². The highest BCUT2D eigenvalue weighted by Gasteiger charge is 2.63. The van der Waals surface area contributed by atoms with E-state index in [-0.39, 0.29) is 11.1 Å². The number of hydrogen-bond acceptors (Lipinski definition) is 5. The van der Waals surface area contributed by atoms with Gasteiger partial charge in [-0.05, 0) is 16.8 Å². The number of hydrogen-bond donors (Lipinski definition) is 3. The lowest BCUT2D eigenvalue weighted by Gasteiger charge is -2.50. The smallest absolute Gasteiger partial charge is 0.336 e. The molecule has 29 heavy (non-hydrogen) atoms. The number of benzene rings is 2. The van der Waals surface area contributed by atoms with Crippen LogP contribution in [0, 0.1) is 0 Å². The normalized spacial score (nSPS) is 25.1. The van der Waals surface area contributed by atoms with Crippen LogP contribution in [0.1, 0.15) is 15.9 Å². The average molecular weight is 520 g/mol. The molecule has 1 heterocycles. The van der Waals surface area contributed by atoms with Gasteiger partial charge in [0.1, 0.15) is 0 Å². The Morgan fingerprint density at radius 1 is 1.07 bits per heavy atom. The third kappa shape index (κ3) is 3.75. The molecule has 2 unspecified atom stereocenters. The van der Waals surface area contributed by atoms with Crippen LogP contribution in [0.2, 0.25) is 0 Å². The lowest BCUT2D eigenvalue weighted by atomic mass is 9.89. The SMILES string of the molecule is COC1(C(Cl)(Cl)Cl)NC=NC(c2c(C(=O)O)ccc3ccccc23)(C(Cl)(Cl)Cl)N1. The summed E-state index contributed by atoms with van der Waals surface area (Å²) >= 11 is 37.5. The van der Waals surface area contributed by atoms with Crippen molar-refractivity contribution in [3.05, 3.63) is 47.5 Å². The molecule has 0 radical (unpaired) electrons. The topological polar surface area (TPSA) is 83.0 Å². The summed E-state index contributed by atoms with van der Waals surface area (Å²) in [6.45, 7) is 0. The van der Waals surface area contributed by atoms with Crippen molar-refractivity contribution >= 4 is 92.7 Å². The van der Waals surface area contributed by atoms with Crippen LogP contribution in [0.4, 0.5) is 0 Å². The molecule has 0 spiro atoms. The zero-order valence-corrected chi connectivity index (χ0v) is 19.1. The van der Waals surface area contributed by atoms with Gasteiger partial charge >= 0.3 is 5.97 Å². The Kier molecular flexibility index (Phi) is 6.15. The molecule has 12 heteroatoms. The second kappa shape index (κ2) is 7.77. The summed E-state index contributed by atoms with van der Waals surface area (Å²) in [6.07, 6.45) is 1.14. The Morgan fingerprint density at radius 3 is 2.28 bits per heavy atom. The molecule has 1 aliphatic heterocycles. The first-order chi connectivity index (χ1) is 13.4. The molecule has 0 aliphatic carbocycles. The predicted octanol–water partition coefficient (Wildman–Crippen LogP) is 4.95. The van der Waals surface area contributed by atoms with Gasteiger partial charge in [0.15, 0.2) is 5.66 Å². The average Bonchev–Trinajstić information content (AvgIpc) is 2.65. The molecule has 0 fully saturated rings. The number of carboxylic acid groups (broad SMARTS) is 1. The number of ether oxygens (including phenoxy) is 1. The minimum absolute atomic E-state index is 0.0662. The molecule has 0 saturated carbocycles. The molecule has 0 aromatic heterocycles. The standard InChI is InChI=1S/C17H13Cl6N3O3/c1-29-17(16(21,22)23)25-8-24-14(26-17,15(18,19)20)12-10-5-3-2-4-9(10)6-7-11(12)13(27)28/h2-8,26H,1H3,(H,24,25)(H,27,28). The molecule has 0 bridgehead atoms. The van der Waals surface area contributed by atoms with Gasteiger partial charge in [-0.15, -0.1) is 0 Å². The first-order valence-electron chi connectivity index (χ1n) is 7.93. The van der Waals surface area contributed by atoms with Crippen molar-refractivity contribution in [1.82, 2.24) is 10.6 Å². The molecule has 2 aromatic carbocycles. The van der Waals surface area contributed by atoms with Crippen molar-refractivity contribution in [3.8, 4) is 0 Å². The minimum atomic E-state index is -2.24. The zero-order chi connectivity index (χ0) is 21.7. The summed E-state index contributed by atoms with van der Waals surface area (Å²) in [7, 11) is 1.26. The zero-order valence-electron chi connectivity index (χ0n) is 14.5. The number of rotatable bonds is 3. The highest BCUT2D eigenvalue weighted by atomic mass is 35.6. The molecular weight excluding hydrogens is 507 g/mol. The minimum Gasteiger partial charge on any atom is -0.478 e. The van der Waals surface area contributed by atoms with E-state index in [2.05, 4.69) is 15.6 Å². The van der Waals surface area contributed by atoms with E-state index < -0.39 is 25.1 Å². The van der Waals surface area contributed by atoms with Gasteiger partial charge in [0.05, 0.1) is 11.9 Å². The number of methoxy groups -OCH3 is 1. The van der Waals surface area contributed by atoms with Gasteiger partial charge < -0.3 is 15.2 Å². The van der Waals surface area contributed by atoms with Crippen molar-refractivity contribution in [3.63, 3.8) is 0 Å². The Hall–Kier alpha value is -0.700. The van der Waals surface area contributed by atoms with Crippen molar-refractivity contribution in [2.75, 3.05) is 7.11 Å². The van der Waals surface area contributed by atoms with E-state index in [1.807, 2.05) is 0 Å². The van der Waals surface area contributed by atoms with Crippen LogP contribution < -0.4 is 10.6 Å². The van der Waals surface area contributed by atoms with E-state index in [0.29, 0.717) is 10.8 Å². The fraction of sp³-hybridized carbons (Fsp3) is 0.294. The van der Waals surface area contributed by atoms with Crippen molar-refractivity contribution in [1.29, 1.82) is 0 Å². The van der Waals surface area contributed by atoms with Gasteiger partial charge in [-0.2, -0.15) is 0 Å². The molecule has 3 N–H and O–H groups in total. The van der Waals surface area contributed by atoms with Gasteiger partial charge in [-0.1, -0.05) is 99.9 Å². The summed E-state index contributed by atoms with van der Waals surface area (Å²) in [5, 5.41) is 16.5. The van der Waals surface area contributed by atoms with Crippen LogP contribution in [0.3, 0.4) is 0 Å². The van der Waals surface area contributed by atoms with Gasteiger partial charge in [0, 0.05) is 12.7 Å². The molecular formula is C17H13Cl6N3O3. The van der Waals surface area contributed by atoms with Gasteiger partial charge in [0.2, 0.25) is 9.64 Å². The molecule has 3 rings (SSSR count). The lowest BCUT2D eigenvalue weighted by molar-refractivity contribution is -0.0783. The number of carboxylic acids is 1.